The fourth-order valence-corrected chi connectivity index (χ4v) is 5.26. The number of pyridine rings is 1. The highest BCUT2D eigenvalue weighted by Gasteiger charge is 2.36. The van der Waals surface area contributed by atoms with Gasteiger partial charge in [-0.2, -0.15) is 0 Å². The first-order valence-corrected chi connectivity index (χ1v) is 13.3. The van der Waals surface area contributed by atoms with Gasteiger partial charge in [-0.3, -0.25) is 4.79 Å². The van der Waals surface area contributed by atoms with E-state index in [0.29, 0.717) is 56.1 Å². The van der Waals surface area contributed by atoms with Gasteiger partial charge >= 0.3 is 6.09 Å². The van der Waals surface area contributed by atoms with Crippen molar-refractivity contribution in [2.45, 2.75) is 57.0 Å². The van der Waals surface area contributed by atoms with Gasteiger partial charge in [-0.05, 0) is 67.5 Å². The van der Waals surface area contributed by atoms with Crippen molar-refractivity contribution in [1.29, 1.82) is 0 Å². The van der Waals surface area contributed by atoms with Gasteiger partial charge in [0, 0.05) is 23.7 Å². The third-order valence-electron chi connectivity index (χ3n) is 7.24. The third-order valence-corrected chi connectivity index (χ3v) is 7.47. The van der Waals surface area contributed by atoms with Crippen LogP contribution in [0, 0.1) is 0 Å². The van der Waals surface area contributed by atoms with Crippen molar-refractivity contribution in [1.82, 2.24) is 9.88 Å². The number of aromatic nitrogens is 1. The Morgan fingerprint density at radius 3 is 2.36 bits per heavy atom. The molecule has 11 heteroatoms. The minimum absolute atomic E-state index is 0.120. The molecule has 2 heterocycles. The fourth-order valence-electron chi connectivity index (χ4n) is 5.06. The van der Waals surface area contributed by atoms with Crippen LogP contribution in [0.15, 0.2) is 35.9 Å². The molecular weight excluding hydrogens is 528 g/mol. The van der Waals surface area contributed by atoms with Crippen LogP contribution in [-0.2, 0) is 17.6 Å². The standard InChI is InChI=1S/C28H33ClN2O8/c1-2-39-28(38)31-11-9-15(10-12-31)22-19-7-6-18(29)13-17(19)4-3-16-5-8-20(30-23(16)22)24(34)26(36)27(37)25(35)21(33)14-32/h5-8,13,21,25-27,32-33,35-37H,2-4,9-12,14H2,1H3/t21-,25-,26+,27+/m1/s1. The van der Waals surface area contributed by atoms with Crippen LogP contribution in [0.4, 0.5) is 4.79 Å². The zero-order valence-corrected chi connectivity index (χ0v) is 22.3. The van der Waals surface area contributed by atoms with Gasteiger partial charge in [0.1, 0.15) is 30.1 Å². The third kappa shape index (κ3) is 6.16. The van der Waals surface area contributed by atoms with Gasteiger partial charge < -0.3 is 35.2 Å². The van der Waals surface area contributed by atoms with Crippen molar-refractivity contribution in [2.75, 3.05) is 26.3 Å². The number of carbonyl (C=O) groups excluding carboxylic acids is 2. The lowest BCUT2D eigenvalue weighted by atomic mass is 9.88. The summed E-state index contributed by atoms with van der Waals surface area (Å²) in [5.41, 5.74) is 5.20. The number of rotatable bonds is 7. The molecule has 4 atom stereocenters. The number of aliphatic hydroxyl groups is 5. The highest BCUT2D eigenvalue weighted by molar-refractivity contribution is 6.30. The van der Waals surface area contributed by atoms with E-state index in [1.165, 1.54) is 6.07 Å². The maximum Gasteiger partial charge on any atom is 0.409 e. The van der Waals surface area contributed by atoms with Crippen LogP contribution in [0.25, 0.3) is 5.57 Å². The number of piperidine rings is 1. The number of nitrogens with zero attached hydrogens (tertiary/aromatic N) is 2. The molecule has 0 bridgehead atoms. The molecule has 1 amide bonds. The number of hydrogen-bond acceptors (Lipinski definition) is 9. The molecule has 2 aliphatic rings. The maximum atomic E-state index is 13.1. The van der Waals surface area contributed by atoms with Crippen LogP contribution < -0.4 is 0 Å². The SMILES string of the molecule is CCOC(=O)N1CCC(=C2c3ccc(Cl)cc3CCc3ccc(C(=O)[C@H](O)[C@@H](O)[C@H](O)[C@H](O)CO)nc32)CC1. The first kappa shape index (κ1) is 29.1. The van der Waals surface area contributed by atoms with Gasteiger partial charge in [-0.25, -0.2) is 9.78 Å². The molecule has 1 aromatic heterocycles. The highest BCUT2D eigenvalue weighted by Crippen LogP contribution is 2.39. The second kappa shape index (κ2) is 12.5. The quantitative estimate of drug-likeness (QED) is 0.316. The number of benzene rings is 1. The monoisotopic (exact) mass is 560 g/mol. The molecule has 1 aliphatic heterocycles. The molecule has 0 saturated carbocycles. The number of carbonyl (C=O) groups is 2. The van der Waals surface area contributed by atoms with Crippen LogP contribution in [0.3, 0.4) is 0 Å². The number of halogens is 1. The van der Waals surface area contributed by atoms with E-state index in [-0.39, 0.29) is 11.8 Å². The molecule has 1 fully saturated rings. The molecule has 210 valence electrons. The number of ketones is 1. The summed E-state index contributed by atoms with van der Waals surface area (Å²) in [6.45, 7) is 2.12. The number of hydrogen-bond donors (Lipinski definition) is 5. The number of likely N-dealkylation sites (tertiary alicyclic amines) is 1. The van der Waals surface area contributed by atoms with Crippen molar-refractivity contribution in [3.8, 4) is 0 Å². The molecule has 1 saturated heterocycles. The Morgan fingerprint density at radius 2 is 1.69 bits per heavy atom. The Morgan fingerprint density at radius 1 is 1.00 bits per heavy atom. The molecule has 5 N–H and O–H groups in total. The Kier molecular flexibility index (Phi) is 9.37. The summed E-state index contributed by atoms with van der Waals surface area (Å²) in [6, 6.07) is 8.85. The number of Topliss-reactive ketones (excluding diaryl/α,β-unsaturated/α-hetero) is 1. The predicted octanol–water partition coefficient (Wildman–Crippen LogP) is 1.51. The van der Waals surface area contributed by atoms with Crippen molar-refractivity contribution in [3.05, 3.63) is 69.0 Å². The number of ether oxygens (including phenoxy) is 1. The summed E-state index contributed by atoms with van der Waals surface area (Å²) >= 11 is 6.31. The first-order chi connectivity index (χ1) is 18.7. The minimum atomic E-state index is -2.08. The van der Waals surface area contributed by atoms with E-state index in [1.54, 1.807) is 24.0 Å². The van der Waals surface area contributed by atoms with E-state index in [0.717, 1.165) is 27.8 Å². The van der Waals surface area contributed by atoms with Crippen LogP contribution in [0.1, 0.15) is 52.6 Å². The predicted molar refractivity (Wildman–Crippen MR) is 142 cm³/mol. The summed E-state index contributed by atoms with van der Waals surface area (Å²) in [5, 5.41) is 49.9. The number of fused-ring (bicyclic) bond motifs is 2. The van der Waals surface area contributed by atoms with Crippen molar-refractivity contribution in [2.24, 2.45) is 0 Å². The van der Waals surface area contributed by atoms with E-state index in [9.17, 15) is 30.0 Å². The zero-order valence-electron chi connectivity index (χ0n) is 21.6. The number of amides is 1. The molecule has 4 rings (SSSR count). The second-order valence-corrected chi connectivity index (χ2v) is 10.1. The summed E-state index contributed by atoms with van der Waals surface area (Å²) in [7, 11) is 0. The summed E-state index contributed by atoms with van der Waals surface area (Å²) in [6.07, 6.45) is -5.68. The molecule has 0 radical (unpaired) electrons. The Bertz CT molecular complexity index is 1260. The van der Waals surface area contributed by atoms with E-state index in [4.69, 9.17) is 21.4 Å². The van der Waals surface area contributed by atoms with Gasteiger partial charge in [0.2, 0.25) is 5.78 Å². The molecule has 2 aromatic rings. The van der Waals surface area contributed by atoms with Crippen molar-refractivity contribution < 1.29 is 39.9 Å². The van der Waals surface area contributed by atoms with E-state index in [1.807, 2.05) is 12.1 Å². The molecular formula is C28H33ClN2O8. The van der Waals surface area contributed by atoms with Crippen LogP contribution in [0.5, 0.6) is 0 Å². The molecule has 1 aliphatic carbocycles. The molecule has 0 spiro atoms. The largest absolute Gasteiger partial charge is 0.450 e. The smallest absolute Gasteiger partial charge is 0.409 e. The van der Waals surface area contributed by atoms with E-state index < -0.39 is 36.8 Å². The second-order valence-electron chi connectivity index (χ2n) is 9.71. The van der Waals surface area contributed by atoms with Crippen LogP contribution >= 0.6 is 11.6 Å². The van der Waals surface area contributed by atoms with Gasteiger partial charge in [-0.1, -0.05) is 29.3 Å². The Labute approximate surface area is 231 Å². The first-order valence-electron chi connectivity index (χ1n) is 13.0. The van der Waals surface area contributed by atoms with Gasteiger partial charge in [0.25, 0.3) is 0 Å². The molecule has 1 aromatic carbocycles. The van der Waals surface area contributed by atoms with E-state index in [2.05, 4.69) is 4.98 Å². The Balaban J connectivity index is 1.74. The van der Waals surface area contributed by atoms with Crippen molar-refractivity contribution in [3.63, 3.8) is 0 Å². The van der Waals surface area contributed by atoms with Crippen LogP contribution in [0.2, 0.25) is 5.02 Å². The van der Waals surface area contributed by atoms with Crippen molar-refractivity contribution >= 4 is 29.1 Å². The number of aliphatic hydroxyl groups excluding tert-OH is 5. The minimum Gasteiger partial charge on any atom is -0.450 e. The topological polar surface area (TPSA) is 161 Å². The summed E-state index contributed by atoms with van der Waals surface area (Å²) in [5.74, 6) is -0.934. The molecule has 10 nitrogen and oxygen atoms in total. The highest BCUT2D eigenvalue weighted by atomic mass is 35.5. The normalized spacial score (nSPS) is 18.4. The lowest BCUT2D eigenvalue weighted by Crippen LogP contribution is -2.48. The van der Waals surface area contributed by atoms with Gasteiger partial charge in [-0.15, -0.1) is 0 Å². The zero-order chi connectivity index (χ0) is 28.3. The van der Waals surface area contributed by atoms with Crippen LogP contribution in [-0.4, -0.2) is 98.0 Å². The average Bonchev–Trinajstić information content (AvgIpc) is 3.11. The number of aryl methyl sites for hydroxylation is 2. The van der Waals surface area contributed by atoms with E-state index >= 15 is 0 Å². The summed E-state index contributed by atoms with van der Waals surface area (Å²) in [4.78, 5) is 31.7. The maximum absolute atomic E-state index is 13.1. The lowest BCUT2D eigenvalue weighted by molar-refractivity contribution is -0.105. The summed E-state index contributed by atoms with van der Waals surface area (Å²) < 4.78 is 5.15. The fraction of sp³-hybridized carbons (Fsp3) is 0.464. The van der Waals surface area contributed by atoms with Gasteiger partial charge in [0.15, 0.2) is 0 Å². The molecule has 39 heavy (non-hydrogen) atoms. The average molecular weight is 561 g/mol. The lowest BCUT2D eigenvalue weighted by Gasteiger charge is -2.29. The Hall–Kier alpha value is -2.86. The molecule has 0 unspecified atom stereocenters. The van der Waals surface area contributed by atoms with Gasteiger partial charge in [0.05, 0.1) is 18.9 Å².